The highest BCUT2D eigenvalue weighted by molar-refractivity contribution is 4.99. The van der Waals surface area contributed by atoms with E-state index in [9.17, 15) is 0 Å². The standard InChI is InChI=1S/C14H25N3/c1-11(2)17-9-8-14(16-17)10-15-12(3)13-6-4-5-7-13/h8-9,11-13,15H,4-7,10H2,1-3H3. The molecular weight excluding hydrogens is 210 g/mol. The first kappa shape index (κ1) is 12.6. The van der Waals surface area contributed by atoms with Gasteiger partial charge in [-0.1, -0.05) is 12.8 Å². The summed E-state index contributed by atoms with van der Waals surface area (Å²) in [4.78, 5) is 0. The molecule has 0 bridgehead atoms. The normalized spacial score (nSPS) is 19.1. The van der Waals surface area contributed by atoms with Crippen LogP contribution in [-0.2, 0) is 6.54 Å². The van der Waals surface area contributed by atoms with Crippen LogP contribution in [0.25, 0.3) is 0 Å². The van der Waals surface area contributed by atoms with E-state index in [1.807, 2.05) is 4.68 Å². The maximum Gasteiger partial charge on any atom is 0.0762 e. The molecule has 1 aliphatic carbocycles. The summed E-state index contributed by atoms with van der Waals surface area (Å²) in [5, 5.41) is 8.18. The zero-order valence-corrected chi connectivity index (χ0v) is 11.3. The first-order valence-electron chi connectivity index (χ1n) is 6.94. The van der Waals surface area contributed by atoms with Crippen molar-refractivity contribution >= 4 is 0 Å². The first-order chi connectivity index (χ1) is 8.16. The molecule has 1 fully saturated rings. The zero-order chi connectivity index (χ0) is 12.3. The van der Waals surface area contributed by atoms with E-state index in [0.717, 1.165) is 18.2 Å². The summed E-state index contributed by atoms with van der Waals surface area (Å²) >= 11 is 0. The molecule has 17 heavy (non-hydrogen) atoms. The molecule has 0 radical (unpaired) electrons. The maximum atomic E-state index is 4.56. The van der Waals surface area contributed by atoms with Crippen LogP contribution in [0.5, 0.6) is 0 Å². The second kappa shape index (κ2) is 5.67. The van der Waals surface area contributed by atoms with E-state index >= 15 is 0 Å². The third-order valence-corrected chi connectivity index (χ3v) is 3.90. The lowest BCUT2D eigenvalue weighted by atomic mass is 10.00. The van der Waals surface area contributed by atoms with Gasteiger partial charge in [-0.25, -0.2) is 0 Å². The van der Waals surface area contributed by atoms with Crippen molar-refractivity contribution in [3.05, 3.63) is 18.0 Å². The second-order valence-electron chi connectivity index (χ2n) is 5.59. The molecule has 0 spiro atoms. The highest BCUT2D eigenvalue weighted by Crippen LogP contribution is 2.27. The van der Waals surface area contributed by atoms with Gasteiger partial charge in [0.15, 0.2) is 0 Å². The van der Waals surface area contributed by atoms with E-state index in [1.54, 1.807) is 0 Å². The van der Waals surface area contributed by atoms with E-state index in [2.05, 4.69) is 43.4 Å². The van der Waals surface area contributed by atoms with Gasteiger partial charge in [0.05, 0.1) is 5.69 Å². The summed E-state index contributed by atoms with van der Waals surface area (Å²) in [6, 6.07) is 3.20. The molecule has 0 amide bonds. The Hall–Kier alpha value is -0.830. The van der Waals surface area contributed by atoms with Crippen molar-refractivity contribution in [1.29, 1.82) is 0 Å². The molecule has 1 atom stereocenters. The van der Waals surface area contributed by atoms with E-state index in [1.165, 1.54) is 25.7 Å². The van der Waals surface area contributed by atoms with E-state index in [0.29, 0.717) is 12.1 Å². The summed E-state index contributed by atoms with van der Waals surface area (Å²) in [6.45, 7) is 7.53. The molecule has 2 rings (SSSR count). The van der Waals surface area contributed by atoms with Crippen LogP contribution in [0.1, 0.15) is 58.2 Å². The van der Waals surface area contributed by atoms with Crippen LogP contribution in [-0.4, -0.2) is 15.8 Å². The smallest absolute Gasteiger partial charge is 0.0762 e. The Balaban J connectivity index is 1.80. The van der Waals surface area contributed by atoms with Gasteiger partial charge in [-0.3, -0.25) is 4.68 Å². The van der Waals surface area contributed by atoms with Crippen LogP contribution in [0.15, 0.2) is 12.3 Å². The lowest BCUT2D eigenvalue weighted by molar-refractivity contribution is 0.377. The quantitative estimate of drug-likeness (QED) is 0.849. The van der Waals surface area contributed by atoms with Crippen molar-refractivity contribution in [3.63, 3.8) is 0 Å². The highest BCUT2D eigenvalue weighted by Gasteiger charge is 2.21. The molecule has 1 unspecified atom stereocenters. The minimum absolute atomic E-state index is 0.455. The summed E-state index contributed by atoms with van der Waals surface area (Å²) in [5.41, 5.74) is 1.16. The monoisotopic (exact) mass is 235 g/mol. The molecule has 0 aliphatic heterocycles. The van der Waals surface area contributed by atoms with Gasteiger partial charge in [0, 0.05) is 24.8 Å². The van der Waals surface area contributed by atoms with Crippen LogP contribution < -0.4 is 5.32 Å². The van der Waals surface area contributed by atoms with Crippen LogP contribution in [0.3, 0.4) is 0 Å². The average Bonchev–Trinajstić information content (AvgIpc) is 2.97. The van der Waals surface area contributed by atoms with Gasteiger partial charge in [0.2, 0.25) is 0 Å². The van der Waals surface area contributed by atoms with Gasteiger partial charge in [-0.2, -0.15) is 5.10 Å². The fourth-order valence-corrected chi connectivity index (χ4v) is 2.65. The summed E-state index contributed by atoms with van der Waals surface area (Å²) in [5.74, 6) is 0.877. The fourth-order valence-electron chi connectivity index (χ4n) is 2.65. The SMILES string of the molecule is CC(NCc1ccn(C(C)C)n1)C1CCCC1. The van der Waals surface area contributed by atoms with E-state index < -0.39 is 0 Å². The van der Waals surface area contributed by atoms with Crippen molar-refractivity contribution in [2.24, 2.45) is 5.92 Å². The summed E-state index contributed by atoms with van der Waals surface area (Å²) in [6.07, 6.45) is 7.70. The topological polar surface area (TPSA) is 29.9 Å². The Morgan fingerprint density at radius 3 is 2.65 bits per heavy atom. The van der Waals surface area contributed by atoms with Crippen molar-refractivity contribution in [1.82, 2.24) is 15.1 Å². The van der Waals surface area contributed by atoms with Crippen LogP contribution in [0, 0.1) is 5.92 Å². The third-order valence-electron chi connectivity index (χ3n) is 3.90. The Kier molecular flexibility index (Phi) is 4.21. The molecule has 3 nitrogen and oxygen atoms in total. The molecule has 1 aromatic heterocycles. The zero-order valence-electron chi connectivity index (χ0n) is 11.3. The molecule has 1 saturated carbocycles. The van der Waals surface area contributed by atoms with Crippen LogP contribution >= 0.6 is 0 Å². The van der Waals surface area contributed by atoms with E-state index in [-0.39, 0.29) is 0 Å². The van der Waals surface area contributed by atoms with E-state index in [4.69, 9.17) is 0 Å². The fraction of sp³-hybridized carbons (Fsp3) is 0.786. The molecule has 0 saturated heterocycles. The molecule has 1 aromatic rings. The van der Waals surface area contributed by atoms with Crippen molar-refractivity contribution in [2.75, 3.05) is 0 Å². The minimum Gasteiger partial charge on any atom is -0.308 e. The van der Waals surface area contributed by atoms with Gasteiger partial charge in [0.1, 0.15) is 0 Å². The van der Waals surface area contributed by atoms with Crippen molar-refractivity contribution < 1.29 is 0 Å². The summed E-state index contributed by atoms with van der Waals surface area (Å²) in [7, 11) is 0. The van der Waals surface area contributed by atoms with Crippen molar-refractivity contribution in [3.8, 4) is 0 Å². The van der Waals surface area contributed by atoms with Crippen LogP contribution in [0.2, 0.25) is 0 Å². The number of nitrogens with zero attached hydrogens (tertiary/aromatic N) is 2. The Bertz CT molecular complexity index is 337. The molecule has 1 N–H and O–H groups in total. The molecule has 0 aromatic carbocycles. The molecule has 1 heterocycles. The molecular formula is C14H25N3. The number of hydrogen-bond donors (Lipinski definition) is 1. The van der Waals surface area contributed by atoms with Gasteiger partial charge < -0.3 is 5.32 Å². The van der Waals surface area contributed by atoms with Crippen molar-refractivity contribution in [2.45, 2.75) is 65.1 Å². The van der Waals surface area contributed by atoms with Gasteiger partial charge >= 0.3 is 0 Å². The number of aromatic nitrogens is 2. The summed E-state index contributed by atoms with van der Waals surface area (Å²) < 4.78 is 2.03. The predicted molar refractivity (Wildman–Crippen MR) is 70.9 cm³/mol. The van der Waals surface area contributed by atoms with Gasteiger partial charge in [0.25, 0.3) is 0 Å². The highest BCUT2D eigenvalue weighted by atomic mass is 15.3. The third kappa shape index (κ3) is 3.32. The predicted octanol–water partition coefficient (Wildman–Crippen LogP) is 3.13. The number of hydrogen-bond acceptors (Lipinski definition) is 2. The number of rotatable bonds is 5. The average molecular weight is 235 g/mol. The largest absolute Gasteiger partial charge is 0.308 e. The first-order valence-corrected chi connectivity index (χ1v) is 6.94. The lowest BCUT2D eigenvalue weighted by Gasteiger charge is -2.19. The number of nitrogens with one attached hydrogen (secondary N) is 1. The minimum atomic E-state index is 0.455. The Morgan fingerprint density at radius 2 is 2.06 bits per heavy atom. The second-order valence-corrected chi connectivity index (χ2v) is 5.59. The van der Waals surface area contributed by atoms with Gasteiger partial charge in [-0.15, -0.1) is 0 Å². The lowest BCUT2D eigenvalue weighted by Crippen LogP contribution is -2.31. The molecule has 1 aliphatic rings. The van der Waals surface area contributed by atoms with Crippen LogP contribution in [0.4, 0.5) is 0 Å². The molecule has 3 heteroatoms. The maximum absolute atomic E-state index is 4.56. The van der Waals surface area contributed by atoms with Gasteiger partial charge in [-0.05, 0) is 45.6 Å². The molecule has 96 valence electrons. The Labute approximate surface area is 105 Å². The Morgan fingerprint density at radius 1 is 1.35 bits per heavy atom.